The van der Waals surface area contributed by atoms with Gasteiger partial charge in [0.05, 0.1) is 5.75 Å². The van der Waals surface area contributed by atoms with Crippen molar-refractivity contribution in [2.24, 2.45) is 0 Å². The van der Waals surface area contributed by atoms with E-state index in [0.717, 1.165) is 22.2 Å². The Bertz CT molecular complexity index is 927. The lowest BCUT2D eigenvalue weighted by Crippen LogP contribution is -2.27. The minimum Gasteiger partial charge on any atom is -0.330 e. The standard InChI is InChI=1S/C16H18N4O2S/c1-19(2)23(21,22)11-10-20-9-8-18-16(20)15-5-3-4-13-12-17-7-6-14(13)15/h3-9,12H,10-11H2,1-2H3. The van der Waals surface area contributed by atoms with Crippen LogP contribution >= 0.6 is 0 Å². The van der Waals surface area contributed by atoms with Crippen LogP contribution < -0.4 is 0 Å². The molecule has 0 saturated heterocycles. The SMILES string of the molecule is CN(C)S(=O)(=O)CCn1ccnc1-c1cccc2cnccc12. The largest absolute Gasteiger partial charge is 0.330 e. The summed E-state index contributed by atoms with van der Waals surface area (Å²) in [4.78, 5) is 8.55. The number of imidazole rings is 1. The maximum absolute atomic E-state index is 12.0. The molecule has 120 valence electrons. The van der Waals surface area contributed by atoms with E-state index in [9.17, 15) is 8.42 Å². The van der Waals surface area contributed by atoms with Gasteiger partial charge in [0, 0.05) is 56.4 Å². The highest BCUT2D eigenvalue weighted by Crippen LogP contribution is 2.26. The predicted octanol–water partition coefficient (Wildman–Crippen LogP) is 1.99. The summed E-state index contributed by atoms with van der Waals surface area (Å²) in [6.07, 6.45) is 7.05. The van der Waals surface area contributed by atoms with Gasteiger partial charge in [-0.2, -0.15) is 0 Å². The first-order valence-corrected chi connectivity index (χ1v) is 8.84. The number of aromatic nitrogens is 3. The minimum atomic E-state index is -3.24. The van der Waals surface area contributed by atoms with Gasteiger partial charge in [-0.3, -0.25) is 4.98 Å². The number of benzene rings is 1. The molecule has 0 radical (unpaired) electrons. The number of pyridine rings is 1. The molecule has 0 saturated carbocycles. The van der Waals surface area contributed by atoms with Gasteiger partial charge < -0.3 is 4.57 Å². The van der Waals surface area contributed by atoms with Crippen LogP contribution in [0.4, 0.5) is 0 Å². The van der Waals surface area contributed by atoms with Crippen LogP contribution in [0.15, 0.2) is 49.1 Å². The number of sulfonamides is 1. The van der Waals surface area contributed by atoms with E-state index in [2.05, 4.69) is 9.97 Å². The second-order valence-electron chi connectivity index (χ2n) is 5.45. The van der Waals surface area contributed by atoms with Gasteiger partial charge in [-0.15, -0.1) is 0 Å². The molecule has 0 aliphatic heterocycles. The van der Waals surface area contributed by atoms with Crippen molar-refractivity contribution < 1.29 is 8.42 Å². The highest BCUT2D eigenvalue weighted by Gasteiger charge is 2.16. The van der Waals surface area contributed by atoms with Crippen LogP contribution in [0.3, 0.4) is 0 Å². The van der Waals surface area contributed by atoms with E-state index in [4.69, 9.17) is 0 Å². The minimum absolute atomic E-state index is 0.0374. The molecule has 0 amide bonds. The van der Waals surface area contributed by atoms with Gasteiger partial charge in [0.1, 0.15) is 5.82 Å². The van der Waals surface area contributed by atoms with Crippen molar-refractivity contribution in [3.05, 3.63) is 49.1 Å². The normalized spacial score (nSPS) is 12.1. The van der Waals surface area contributed by atoms with E-state index in [-0.39, 0.29) is 5.75 Å². The summed E-state index contributed by atoms with van der Waals surface area (Å²) in [5, 5.41) is 2.07. The molecule has 7 heteroatoms. The maximum Gasteiger partial charge on any atom is 0.215 e. The lowest BCUT2D eigenvalue weighted by Gasteiger charge is -2.13. The summed E-state index contributed by atoms with van der Waals surface area (Å²) in [5.41, 5.74) is 0.970. The van der Waals surface area contributed by atoms with Crippen molar-refractivity contribution >= 4 is 20.8 Å². The topological polar surface area (TPSA) is 68.1 Å². The van der Waals surface area contributed by atoms with E-state index in [1.165, 1.54) is 4.31 Å². The Labute approximate surface area is 135 Å². The molecule has 0 unspecified atom stereocenters. The number of hydrogen-bond donors (Lipinski definition) is 0. The Morgan fingerprint density at radius 2 is 2.00 bits per heavy atom. The molecule has 0 spiro atoms. The van der Waals surface area contributed by atoms with Gasteiger partial charge in [-0.1, -0.05) is 18.2 Å². The van der Waals surface area contributed by atoms with Crippen molar-refractivity contribution in [1.82, 2.24) is 18.8 Å². The molecule has 3 aromatic rings. The fourth-order valence-corrected chi connectivity index (χ4v) is 3.24. The molecular weight excluding hydrogens is 312 g/mol. The molecule has 2 aromatic heterocycles. The van der Waals surface area contributed by atoms with E-state index in [0.29, 0.717) is 6.54 Å². The summed E-state index contributed by atoms with van der Waals surface area (Å²) < 4.78 is 27.1. The van der Waals surface area contributed by atoms with Crippen molar-refractivity contribution in [2.45, 2.75) is 6.54 Å². The molecule has 0 N–H and O–H groups in total. The monoisotopic (exact) mass is 330 g/mol. The predicted molar refractivity (Wildman–Crippen MR) is 90.4 cm³/mol. The third-order valence-corrected chi connectivity index (χ3v) is 5.59. The van der Waals surface area contributed by atoms with Crippen molar-refractivity contribution in [1.29, 1.82) is 0 Å². The Kier molecular flexibility index (Phi) is 4.14. The van der Waals surface area contributed by atoms with E-state index >= 15 is 0 Å². The highest BCUT2D eigenvalue weighted by atomic mass is 32.2. The lowest BCUT2D eigenvalue weighted by atomic mass is 10.1. The Balaban J connectivity index is 1.98. The summed E-state index contributed by atoms with van der Waals surface area (Å²) in [6, 6.07) is 7.88. The lowest BCUT2D eigenvalue weighted by molar-refractivity contribution is 0.515. The molecule has 1 aromatic carbocycles. The molecule has 0 aliphatic rings. The quantitative estimate of drug-likeness (QED) is 0.717. The Hall–Kier alpha value is -2.25. The van der Waals surface area contributed by atoms with E-state index in [1.807, 2.05) is 35.0 Å². The van der Waals surface area contributed by atoms with Crippen LogP contribution in [-0.4, -0.2) is 47.1 Å². The van der Waals surface area contributed by atoms with Crippen LogP contribution in [0.25, 0.3) is 22.2 Å². The Morgan fingerprint density at radius 1 is 1.17 bits per heavy atom. The molecular formula is C16H18N4O2S. The summed E-state index contributed by atoms with van der Waals surface area (Å²) in [6.45, 7) is 0.358. The average Bonchev–Trinajstić information content (AvgIpc) is 3.00. The van der Waals surface area contributed by atoms with E-state index in [1.54, 1.807) is 32.7 Å². The summed E-state index contributed by atoms with van der Waals surface area (Å²) in [7, 11) is -0.154. The Morgan fingerprint density at radius 3 is 2.78 bits per heavy atom. The smallest absolute Gasteiger partial charge is 0.215 e. The van der Waals surface area contributed by atoms with Crippen molar-refractivity contribution in [3.63, 3.8) is 0 Å². The van der Waals surface area contributed by atoms with Gasteiger partial charge in [0.25, 0.3) is 0 Å². The second-order valence-corrected chi connectivity index (χ2v) is 7.75. The van der Waals surface area contributed by atoms with Gasteiger partial charge in [-0.05, 0) is 11.5 Å². The summed E-state index contributed by atoms with van der Waals surface area (Å²) >= 11 is 0. The third-order valence-electron chi connectivity index (χ3n) is 3.78. The zero-order valence-corrected chi connectivity index (χ0v) is 13.9. The number of nitrogens with zero attached hydrogens (tertiary/aromatic N) is 4. The molecule has 3 rings (SSSR count). The maximum atomic E-state index is 12.0. The molecule has 0 fully saturated rings. The number of aryl methyl sites for hydroxylation is 1. The molecule has 6 nitrogen and oxygen atoms in total. The van der Waals surface area contributed by atoms with Gasteiger partial charge in [0.2, 0.25) is 10.0 Å². The van der Waals surface area contributed by atoms with Gasteiger partial charge in [-0.25, -0.2) is 17.7 Å². The van der Waals surface area contributed by atoms with E-state index < -0.39 is 10.0 Å². The van der Waals surface area contributed by atoms with Gasteiger partial charge >= 0.3 is 0 Å². The first kappa shape index (κ1) is 15.6. The summed E-state index contributed by atoms with van der Waals surface area (Å²) in [5.74, 6) is 0.797. The van der Waals surface area contributed by atoms with Crippen molar-refractivity contribution in [3.8, 4) is 11.4 Å². The van der Waals surface area contributed by atoms with Crippen LogP contribution in [0.2, 0.25) is 0 Å². The highest BCUT2D eigenvalue weighted by molar-refractivity contribution is 7.89. The number of rotatable bonds is 5. The first-order valence-electron chi connectivity index (χ1n) is 7.23. The average molecular weight is 330 g/mol. The second kappa shape index (κ2) is 6.10. The first-order chi connectivity index (χ1) is 11.0. The fraction of sp³-hybridized carbons (Fsp3) is 0.250. The van der Waals surface area contributed by atoms with Gasteiger partial charge in [0.15, 0.2) is 0 Å². The number of fused-ring (bicyclic) bond motifs is 1. The van der Waals surface area contributed by atoms with Crippen molar-refractivity contribution in [2.75, 3.05) is 19.8 Å². The molecule has 0 bridgehead atoms. The third kappa shape index (κ3) is 3.11. The van der Waals surface area contributed by atoms with Crippen LogP contribution in [-0.2, 0) is 16.6 Å². The molecule has 0 aliphatic carbocycles. The molecule has 23 heavy (non-hydrogen) atoms. The fourth-order valence-electron chi connectivity index (χ4n) is 2.45. The van der Waals surface area contributed by atoms with Crippen LogP contribution in [0.5, 0.6) is 0 Å². The van der Waals surface area contributed by atoms with Crippen LogP contribution in [0.1, 0.15) is 0 Å². The molecule has 2 heterocycles. The zero-order chi connectivity index (χ0) is 16.4. The molecule has 0 atom stereocenters. The number of hydrogen-bond acceptors (Lipinski definition) is 4. The van der Waals surface area contributed by atoms with Crippen LogP contribution in [0, 0.1) is 0 Å². The zero-order valence-electron chi connectivity index (χ0n) is 13.0.